The van der Waals surface area contributed by atoms with Gasteiger partial charge in [-0.25, -0.2) is 0 Å². The fourth-order valence-electron chi connectivity index (χ4n) is 3.15. The van der Waals surface area contributed by atoms with Gasteiger partial charge >= 0.3 is 0 Å². The number of carbonyl (C=O) groups excluding carboxylic acids is 2. The van der Waals surface area contributed by atoms with E-state index in [0.717, 1.165) is 23.2 Å². The molecule has 8 heteroatoms. The number of thiophene rings is 1. The van der Waals surface area contributed by atoms with Crippen molar-refractivity contribution in [3.05, 3.63) is 58.4 Å². The zero-order valence-electron chi connectivity index (χ0n) is 15.6. The minimum atomic E-state index is -0.250. The zero-order valence-corrected chi connectivity index (χ0v) is 17.2. The van der Waals surface area contributed by atoms with Crippen LogP contribution in [-0.2, 0) is 9.53 Å². The Labute approximate surface area is 177 Å². The largest absolute Gasteiger partial charge is 0.379 e. The Morgan fingerprint density at radius 3 is 2.34 bits per heavy atom. The third-order valence-corrected chi connectivity index (χ3v) is 6.31. The maximum Gasteiger partial charge on any atom is 0.267 e. The molecular formula is C21H20ClN3O3S. The Bertz CT molecular complexity index is 1030. The molecule has 0 atom stereocenters. The lowest BCUT2D eigenvalue weighted by molar-refractivity contribution is -0.118. The second-order valence-corrected chi connectivity index (χ2v) is 8.14. The first-order valence-electron chi connectivity index (χ1n) is 9.28. The highest BCUT2D eigenvalue weighted by atomic mass is 35.5. The van der Waals surface area contributed by atoms with Gasteiger partial charge in [0, 0.05) is 34.6 Å². The SMILES string of the molecule is O=C(CN1CCOCC1)Nc1ccc(NC(=O)c2sc3ccccc3c2Cl)cc1. The number of benzene rings is 2. The maximum absolute atomic E-state index is 12.6. The van der Waals surface area contributed by atoms with Gasteiger partial charge in [0.15, 0.2) is 0 Å². The zero-order chi connectivity index (χ0) is 20.2. The van der Waals surface area contributed by atoms with E-state index in [9.17, 15) is 9.59 Å². The highest BCUT2D eigenvalue weighted by Gasteiger charge is 2.17. The number of nitrogens with zero attached hydrogens (tertiary/aromatic N) is 1. The van der Waals surface area contributed by atoms with Gasteiger partial charge in [-0.05, 0) is 30.3 Å². The number of anilines is 2. The van der Waals surface area contributed by atoms with Crippen molar-refractivity contribution in [1.82, 2.24) is 4.90 Å². The number of rotatable bonds is 5. The summed E-state index contributed by atoms with van der Waals surface area (Å²) in [5.41, 5.74) is 1.32. The molecule has 0 unspecified atom stereocenters. The molecular weight excluding hydrogens is 410 g/mol. The molecule has 2 aromatic carbocycles. The number of fused-ring (bicyclic) bond motifs is 1. The first kappa shape index (κ1) is 19.8. The molecule has 1 saturated heterocycles. The number of carbonyl (C=O) groups is 2. The minimum absolute atomic E-state index is 0.0688. The minimum Gasteiger partial charge on any atom is -0.379 e. The van der Waals surface area contributed by atoms with Gasteiger partial charge < -0.3 is 15.4 Å². The summed E-state index contributed by atoms with van der Waals surface area (Å²) in [6.45, 7) is 3.18. The lowest BCUT2D eigenvalue weighted by Crippen LogP contribution is -2.41. The smallest absolute Gasteiger partial charge is 0.267 e. The van der Waals surface area contributed by atoms with Crippen LogP contribution in [0.5, 0.6) is 0 Å². The fourth-order valence-corrected chi connectivity index (χ4v) is 4.56. The topological polar surface area (TPSA) is 70.7 Å². The van der Waals surface area contributed by atoms with Crippen molar-refractivity contribution >= 4 is 56.2 Å². The summed E-state index contributed by atoms with van der Waals surface area (Å²) in [6, 6.07) is 14.7. The summed E-state index contributed by atoms with van der Waals surface area (Å²) >= 11 is 7.74. The van der Waals surface area contributed by atoms with Gasteiger partial charge in [0.1, 0.15) is 4.88 Å². The predicted molar refractivity (Wildman–Crippen MR) is 117 cm³/mol. The number of nitrogens with one attached hydrogen (secondary N) is 2. The summed E-state index contributed by atoms with van der Waals surface area (Å²) in [6.07, 6.45) is 0. The number of ether oxygens (including phenoxy) is 1. The molecule has 1 aliphatic rings. The molecule has 1 aromatic heterocycles. The Kier molecular flexibility index (Phi) is 6.10. The summed E-state index contributed by atoms with van der Waals surface area (Å²) in [4.78, 5) is 27.3. The summed E-state index contributed by atoms with van der Waals surface area (Å²) in [5.74, 6) is -0.318. The van der Waals surface area contributed by atoms with Crippen LogP contribution in [-0.4, -0.2) is 49.6 Å². The van der Waals surface area contributed by atoms with E-state index in [0.29, 0.717) is 41.0 Å². The molecule has 150 valence electrons. The molecule has 6 nitrogen and oxygen atoms in total. The van der Waals surface area contributed by atoms with Crippen LogP contribution >= 0.6 is 22.9 Å². The van der Waals surface area contributed by atoms with Gasteiger partial charge in [-0.3, -0.25) is 14.5 Å². The van der Waals surface area contributed by atoms with Gasteiger partial charge in [0.05, 0.1) is 24.8 Å². The first-order valence-corrected chi connectivity index (χ1v) is 10.5. The van der Waals surface area contributed by atoms with Crippen molar-refractivity contribution in [2.24, 2.45) is 0 Å². The Morgan fingerprint density at radius 2 is 1.66 bits per heavy atom. The highest BCUT2D eigenvalue weighted by Crippen LogP contribution is 2.35. The molecule has 1 fully saturated rings. The van der Waals surface area contributed by atoms with Gasteiger partial charge in [-0.1, -0.05) is 29.8 Å². The standard InChI is InChI=1S/C21H20ClN3O3S/c22-19-16-3-1-2-4-17(16)29-20(19)21(27)24-15-7-5-14(6-8-15)23-18(26)13-25-9-11-28-12-10-25/h1-8H,9-13H2,(H,23,26)(H,24,27). The predicted octanol–water partition coefficient (Wildman–Crippen LogP) is 4.08. The van der Waals surface area contributed by atoms with Crippen molar-refractivity contribution in [3.8, 4) is 0 Å². The van der Waals surface area contributed by atoms with Crippen molar-refractivity contribution < 1.29 is 14.3 Å². The van der Waals surface area contributed by atoms with Gasteiger partial charge in [-0.2, -0.15) is 0 Å². The lowest BCUT2D eigenvalue weighted by Gasteiger charge is -2.25. The monoisotopic (exact) mass is 429 g/mol. The Morgan fingerprint density at radius 1 is 1.00 bits per heavy atom. The van der Waals surface area contributed by atoms with Gasteiger partial charge in [0.25, 0.3) is 5.91 Å². The quantitative estimate of drug-likeness (QED) is 0.641. The average Bonchev–Trinajstić information content (AvgIpc) is 3.07. The Balaban J connectivity index is 1.36. The van der Waals surface area contributed by atoms with Crippen molar-refractivity contribution in [3.63, 3.8) is 0 Å². The normalized spacial score (nSPS) is 14.7. The van der Waals surface area contributed by atoms with Gasteiger partial charge in [-0.15, -0.1) is 11.3 Å². The molecule has 29 heavy (non-hydrogen) atoms. The molecule has 0 radical (unpaired) electrons. The van der Waals surface area contributed by atoms with E-state index in [4.69, 9.17) is 16.3 Å². The second kappa shape index (κ2) is 8.92. The second-order valence-electron chi connectivity index (χ2n) is 6.71. The van der Waals surface area contributed by atoms with E-state index in [-0.39, 0.29) is 11.8 Å². The molecule has 0 saturated carbocycles. The van der Waals surface area contributed by atoms with E-state index in [1.54, 1.807) is 24.3 Å². The van der Waals surface area contributed by atoms with E-state index in [1.165, 1.54) is 11.3 Å². The molecule has 0 aliphatic carbocycles. The number of hydrogen-bond acceptors (Lipinski definition) is 5. The summed E-state index contributed by atoms with van der Waals surface area (Å²) < 4.78 is 6.26. The number of morpholine rings is 1. The van der Waals surface area contributed by atoms with Crippen LogP contribution in [0.1, 0.15) is 9.67 Å². The van der Waals surface area contributed by atoms with Crippen molar-refractivity contribution in [2.75, 3.05) is 43.5 Å². The van der Waals surface area contributed by atoms with Gasteiger partial charge in [0.2, 0.25) is 5.91 Å². The van der Waals surface area contributed by atoms with Crippen molar-refractivity contribution in [1.29, 1.82) is 0 Å². The molecule has 1 aliphatic heterocycles. The third kappa shape index (κ3) is 4.76. The molecule has 0 bridgehead atoms. The molecule has 2 heterocycles. The highest BCUT2D eigenvalue weighted by molar-refractivity contribution is 7.21. The van der Waals surface area contributed by atoms with E-state index in [1.807, 2.05) is 24.3 Å². The summed E-state index contributed by atoms with van der Waals surface area (Å²) in [7, 11) is 0. The van der Waals surface area contributed by atoms with Crippen LogP contribution in [0.15, 0.2) is 48.5 Å². The van der Waals surface area contributed by atoms with Crippen LogP contribution in [0.25, 0.3) is 10.1 Å². The number of amides is 2. The molecule has 0 spiro atoms. The van der Waals surface area contributed by atoms with Crippen LogP contribution in [0.3, 0.4) is 0 Å². The number of hydrogen-bond donors (Lipinski definition) is 2. The fraction of sp³-hybridized carbons (Fsp3) is 0.238. The van der Waals surface area contributed by atoms with Crippen LogP contribution in [0.4, 0.5) is 11.4 Å². The van der Waals surface area contributed by atoms with Crippen LogP contribution in [0, 0.1) is 0 Å². The lowest BCUT2D eigenvalue weighted by atomic mass is 10.2. The average molecular weight is 430 g/mol. The van der Waals surface area contributed by atoms with Crippen molar-refractivity contribution in [2.45, 2.75) is 0 Å². The third-order valence-electron chi connectivity index (χ3n) is 4.64. The maximum atomic E-state index is 12.6. The first-order chi connectivity index (χ1) is 14.1. The molecule has 4 rings (SSSR count). The Hall–Kier alpha value is -2.45. The number of halogens is 1. The van der Waals surface area contributed by atoms with Crippen LogP contribution < -0.4 is 10.6 Å². The molecule has 3 aromatic rings. The summed E-state index contributed by atoms with van der Waals surface area (Å²) in [5, 5.41) is 7.08. The van der Waals surface area contributed by atoms with E-state index in [2.05, 4.69) is 15.5 Å². The van der Waals surface area contributed by atoms with Crippen LogP contribution in [0.2, 0.25) is 5.02 Å². The molecule has 2 N–H and O–H groups in total. The molecule has 2 amide bonds. The van der Waals surface area contributed by atoms with E-state index < -0.39 is 0 Å². The van der Waals surface area contributed by atoms with E-state index >= 15 is 0 Å².